The molecule has 2 aromatic heterocycles. The van der Waals surface area contributed by atoms with Gasteiger partial charge in [0, 0.05) is 20.3 Å². The van der Waals surface area contributed by atoms with E-state index in [1.807, 2.05) is 6.07 Å². The molecule has 0 fully saturated rings. The van der Waals surface area contributed by atoms with Crippen molar-refractivity contribution < 1.29 is 0 Å². The van der Waals surface area contributed by atoms with Gasteiger partial charge in [-0.3, -0.25) is 0 Å². The normalized spacial score (nSPS) is 12.3. The van der Waals surface area contributed by atoms with Gasteiger partial charge in [0.1, 0.15) is 0 Å². The van der Waals surface area contributed by atoms with Crippen molar-refractivity contribution in [1.29, 1.82) is 0 Å². The predicted octanol–water partition coefficient (Wildman–Crippen LogP) is 6.39. The smallest absolute Gasteiger partial charge is 0.0954 e. The Labute approximate surface area is 142 Å². The number of hydrogen-bond acceptors (Lipinski definition) is 4. The lowest BCUT2D eigenvalue weighted by molar-refractivity contribution is 0.991. The van der Waals surface area contributed by atoms with Crippen molar-refractivity contribution in [3.8, 4) is 0 Å². The fourth-order valence-electron chi connectivity index (χ4n) is 2.10. The molecule has 1 aromatic carbocycles. The molecule has 1 atom stereocenters. The second-order valence-electron chi connectivity index (χ2n) is 4.47. The zero-order chi connectivity index (χ0) is 14.7. The zero-order valence-electron chi connectivity index (χ0n) is 11.4. The number of anilines is 1. The molecule has 1 N–H and O–H groups in total. The number of halogens is 1. The molecule has 0 radical (unpaired) electrons. The van der Waals surface area contributed by atoms with Crippen LogP contribution in [-0.2, 0) is 0 Å². The van der Waals surface area contributed by atoms with Crippen LogP contribution < -0.4 is 5.32 Å². The van der Waals surface area contributed by atoms with Crippen LogP contribution >= 0.6 is 46.0 Å². The third-order valence-corrected chi connectivity index (χ3v) is 6.05. The molecule has 1 unspecified atom stereocenters. The van der Waals surface area contributed by atoms with Crippen molar-refractivity contribution in [2.75, 3.05) is 11.6 Å². The highest BCUT2D eigenvalue weighted by Crippen LogP contribution is 2.35. The van der Waals surface area contributed by atoms with Crippen LogP contribution in [0.4, 0.5) is 5.69 Å². The van der Waals surface area contributed by atoms with Gasteiger partial charge in [0.05, 0.1) is 10.4 Å². The van der Waals surface area contributed by atoms with Gasteiger partial charge >= 0.3 is 0 Å². The van der Waals surface area contributed by atoms with Gasteiger partial charge in [-0.25, -0.2) is 0 Å². The molecule has 1 nitrogen and oxygen atoms in total. The molecular formula is C16H14ClNS3. The standard InChI is InChI=1S/C16H14ClNS3/c1-19-12-5-2-4-11(10-12)18-16(13-6-3-9-20-13)14-7-8-15(17)21-14/h2-10,16,18H,1H3. The maximum Gasteiger partial charge on any atom is 0.0954 e. The first-order valence-corrected chi connectivity index (χ1v) is 9.75. The van der Waals surface area contributed by atoms with Gasteiger partial charge in [-0.1, -0.05) is 23.7 Å². The Morgan fingerprint density at radius 1 is 1.10 bits per heavy atom. The third kappa shape index (κ3) is 3.64. The van der Waals surface area contributed by atoms with Gasteiger partial charge in [-0.05, 0) is 48.0 Å². The molecule has 108 valence electrons. The summed E-state index contributed by atoms with van der Waals surface area (Å²) in [5.41, 5.74) is 1.13. The highest BCUT2D eigenvalue weighted by molar-refractivity contribution is 7.98. The van der Waals surface area contributed by atoms with Gasteiger partial charge in [0.25, 0.3) is 0 Å². The van der Waals surface area contributed by atoms with Crippen LogP contribution in [0, 0.1) is 0 Å². The second-order valence-corrected chi connectivity index (χ2v) is 8.07. The van der Waals surface area contributed by atoms with Crippen LogP contribution in [0.15, 0.2) is 58.8 Å². The van der Waals surface area contributed by atoms with E-state index in [0.717, 1.165) is 10.0 Å². The minimum Gasteiger partial charge on any atom is -0.373 e. The number of nitrogens with one attached hydrogen (secondary N) is 1. The first kappa shape index (κ1) is 15.0. The molecule has 0 aliphatic heterocycles. The molecule has 0 saturated heterocycles. The summed E-state index contributed by atoms with van der Waals surface area (Å²) < 4.78 is 0.825. The average molecular weight is 352 g/mol. The zero-order valence-corrected chi connectivity index (χ0v) is 14.6. The Morgan fingerprint density at radius 2 is 2.00 bits per heavy atom. The Morgan fingerprint density at radius 3 is 2.67 bits per heavy atom. The summed E-state index contributed by atoms with van der Waals surface area (Å²) in [4.78, 5) is 3.79. The fourth-order valence-corrected chi connectivity index (χ4v) is 4.56. The molecular weight excluding hydrogens is 338 g/mol. The lowest BCUT2D eigenvalue weighted by Gasteiger charge is -2.18. The minimum atomic E-state index is 0.152. The number of thioether (sulfide) groups is 1. The third-order valence-electron chi connectivity index (χ3n) is 3.09. The maximum atomic E-state index is 6.11. The largest absolute Gasteiger partial charge is 0.373 e. The van der Waals surface area contributed by atoms with Crippen LogP contribution in [0.2, 0.25) is 4.34 Å². The Kier molecular flexibility index (Phi) is 4.91. The molecule has 5 heteroatoms. The molecule has 0 aliphatic rings. The summed E-state index contributed by atoms with van der Waals surface area (Å²) in [5, 5.41) is 5.74. The van der Waals surface area contributed by atoms with E-state index in [-0.39, 0.29) is 6.04 Å². The van der Waals surface area contributed by atoms with Crippen LogP contribution in [0.3, 0.4) is 0 Å². The van der Waals surface area contributed by atoms with E-state index < -0.39 is 0 Å². The first-order chi connectivity index (χ1) is 10.3. The number of hydrogen-bond donors (Lipinski definition) is 1. The van der Waals surface area contributed by atoms with E-state index in [1.54, 1.807) is 34.4 Å². The SMILES string of the molecule is CSc1cccc(NC(c2cccs2)c2ccc(Cl)s2)c1. The van der Waals surface area contributed by atoms with E-state index in [2.05, 4.69) is 59.4 Å². The van der Waals surface area contributed by atoms with E-state index in [9.17, 15) is 0 Å². The van der Waals surface area contributed by atoms with Crippen molar-refractivity contribution in [1.82, 2.24) is 0 Å². The van der Waals surface area contributed by atoms with Crippen LogP contribution in [-0.4, -0.2) is 6.26 Å². The van der Waals surface area contributed by atoms with Crippen LogP contribution in [0.1, 0.15) is 15.8 Å². The lowest BCUT2D eigenvalue weighted by atomic mass is 10.2. The summed E-state index contributed by atoms with van der Waals surface area (Å²) in [5.74, 6) is 0. The van der Waals surface area contributed by atoms with Gasteiger partial charge in [0.2, 0.25) is 0 Å². The summed E-state index contributed by atoms with van der Waals surface area (Å²) in [6.07, 6.45) is 2.09. The van der Waals surface area contributed by atoms with Crippen LogP contribution in [0.5, 0.6) is 0 Å². The monoisotopic (exact) mass is 351 g/mol. The molecule has 2 heterocycles. The Bertz CT molecular complexity index is 706. The average Bonchev–Trinajstić information content (AvgIpc) is 3.16. The van der Waals surface area contributed by atoms with E-state index in [1.165, 1.54) is 14.6 Å². The summed E-state index contributed by atoms with van der Waals surface area (Å²) in [6.45, 7) is 0. The molecule has 0 aliphatic carbocycles. The first-order valence-electron chi connectivity index (χ1n) is 6.45. The summed E-state index contributed by atoms with van der Waals surface area (Å²) >= 11 is 11.2. The van der Waals surface area contributed by atoms with Crippen molar-refractivity contribution in [3.63, 3.8) is 0 Å². The van der Waals surface area contributed by atoms with E-state index in [4.69, 9.17) is 11.6 Å². The molecule has 0 spiro atoms. The molecule has 3 aromatic rings. The highest BCUT2D eigenvalue weighted by Gasteiger charge is 2.17. The number of benzene rings is 1. The van der Waals surface area contributed by atoms with Crippen molar-refractivity contribution in [3.05, 3.63) is 68.0 Å². The number of rotatable bonds is 5. The lowest BCUT2D eigenvalue weighted by Crippen LogP contribution is -2.09. The van der Waals surface area contributed by atoms with Gasteiger partial charge < -0.3 is 5.32 Å². The minimum absolute atomic E-state index is 0.152. The van der Waals surface area contributed by atoms with Gasteiger partial charge in [-0.2, -0.15) is 0 Å². The summed E-state index contributed by atoms with van der Waals surface area (Å²) in [7, 11) is 0. The molecule has 0 saturated carbocycles. The Hall–Kier alpha value is -0.940. The van der Waals surface area contributed by atoms with Crippen LogP contribution in [0.25, 0.3) is 0 Å². The predicted molar refractivity (Wildman–Crippen MR) is 97.3 cm³/mol. The van der Waals surface area contributed by atoms with Crippen molar-refractivity contribution in [2.24, 2.45) is 0 Å². The van der Waals surface area contributed by atoms with Crippen molar-refractivity contribution in [2.45, 2.75) is 10.9 Å². The van der Waals surface area contributed by atoms with Crippen molar-refractivity contribution >= 4 is 51.7 Å². The molecule has 21 heavy (non-hydrogen) atoms. The van der Waals surface area contributed by atoms with Gasteiger partial charge in [0.15, 0.2) is 0 Å². The highest BCUT2D eigenvalue weighted by atomic mass is 35.5. The number of thiophene rings is 2. The van der Waals surface area contributed by atoms with E-state index >= 15 is 0 Å². The maximum absolute atomic E-state index is 6.11. The summed E-state index contributed by atoms with van der Waals surface area (Å²) in [6, 6.07) is 17.0. The molecule has 3 rings (SSSR count). The van der Waals surface area contributed by atoms with E-state index in [0.29, 0.717) is 0 Å². The Balaban J connectivity index is 1.92. The molecule has 0 bridgehead atoms. The van der Waals surface area contributed by atoms with Gasteiger partial charge in [-0.15, -0.1) is 34.4 Å². The fraction of sp³-hybridized carbons (Fsp3) is 0.125. The topological polar surface area (TPSA) is 12.0 Å². The second kappa shape index (κ2) is 6.88. The molecule has 0 amide bonds. The quantitative estimate of drug-likeness (QED) is 0.535.